The van der Waals surface area contributed by atoms with Crippen LogP contribution in [-0.4, -0.2) is 71.6 Å². The number of amidine groups is 1. The van der Waals surface area contributed by atoms with Crippen molar-refractivity contribution in [1.29, 1.82) is 0 Å². The second-order valence-corrected chi connectivity index (χ2v) is 9.78. The number of rotatable bonds is 4. The van der Waals surface area contributed by atoms with E-state index in [1.54, 1.807) is 24.3 Å². The zero-order chi connectivity index (χ0) is 25.1. The summed E-state index contributed by atoms with van der Waals surface area (Å²) < 4.78 is 4.39. The molecule has 9 nitrogen and oxygen atoms in total. The zero-order valence-corrected chi connectivity index (χ0v) is 21.2. The van der Waals surface area contributed by atoms with E-state index in [9.17, 15) is 9.59 Å². The smallest absolute Gasteiger partial charge is 0.260 e. The Bertz CT molecular complexity index is 1320. The summed E-state index contributed by atoms with van der Waals surface area (Å²) in [5, 5.41) is 10.2. The van der Waals surface area contributed by atoms with Crippen LogP contribution in [0.5, 0.6) is 0 Å². The predicted molar refractivity (Wildman–Crippen MR) is 145 cm³/mol. The number of aliphatic imine (C=N–C) groups is 1. The quantitative estimate of drug-likeness (QED) is 0.497. The van der Waals surface area contributed by atoms with Gasteiger partial charge in [0.15, 0.2) is 0 Å². The fourth-order valence-electron chi connectivity index (χ4n) is 4.37. The second kappa shape index (κ2) is 10.5. The summed E-state index contributed by atoms with van der Waals surface area (Å²) in [6.45, 7) is 5.60. The molecule has 186 valence electrons. The summed E-state index contributed by atoms with van der Waals surface area (Å²) >= 11 is 1.22. The molecule has 1 saturated heterocycles. The fraction of sp³-hybridized carbons (Fsp3) is 0.308. The monoisotopic (exact) mass is 503 g/mol. The summed E-state index contributed by atoms with van der Waals surface area (Å²) in [5.41, 5.74) is 4.05. The highest BCUT2D eigenvalue weighted by molar-refractivity contribution is 7.11. The molecule has 36 heavy (non-hydrogen) atoms. The van der Waals surface area contributed by atoms with Crippen molar-refractivity contribution in [3.63, 3.8) is 0 Å². The van der Waals surface area contributed by atoms with E-state index >= 15 is 0 Å². The van der Waals surface area contributed by atoms with Crippen LogP contribution in [0.3, 0.4) is 0 Å². The van der Waals surface area contributed by atoms with Crippen LogP contribution in [0.25, 0.3) is 0 Å². The minimum atomic E-state index is -0.283. The fourth-order valence-corrected chi connectivity index (χ4v) is 5.18. The number of aromatic nitrogens is 1. The molecular formula is C26H29N7O2S. The average Bonchev–Trinajstić information content (AvgIpc) is 3.10. The number of fused-ring (bicyclic) bond motifs is 1. The molecule has 0 saturated carbocycles. The largest absolute Gasteiger partial charge is 0.376 e. The van der Waals surface area contributed by atoms with E-state index in [1.165, 1.54) is 11.5 Å². The number of likely N-dealkylation sites (N-methyl/N-ethyl adjacent to an activating group) is 1. The normalized spacial score (nSPS) is 15.8. The van der Waals surface area contributed by atoms with Crippen molar-refractivity contribution in [3.05, 3.63) is 65.4 Å². The number of para-hydroxylation sites is 2. The van der Waals surface area contributed by atoms with Crippen molar-refractivity contribution in [2.24, 2.45) is 4.99 Å². The summed E-state index contributed by atoms with van der Waals surface area (Å²) in [5.74, 6) is 0.414. The first-order valence-corrected chi connectivity index (χ1v) is 12.8. The first-order chi connectivity index (χ1) is 17.5. The van der Waals surface area contributed by atoms with E-state index in [0.29, 0.717) is 46.4 Å². The highest BCUT2D eigenvalue weighted by Gasteiger charge is 2.22. The van der Waals surface area contributed by atoms with Crippen molar-refractivity contribution < 1.29 is 9.59 Å². The van der Waals surface area contributed by atoms with Gasteiger partial charge in [0.05, 0.1) is 29.2 Å². The van der Waals surface area contributed by atoms with Crippen LogP contribution in [0.15, 0.2) is 53.5 Å². The highest BCUT2D eigenvalue weighted by atomic mass is 32.1. The summed E-state index contributed by atoms with van der Waals surface area (Å²) in [7, 11) is 2.07. The lowest BCUT2D eigenvalue weighted by Gasteiger charge is -2.21. The summed E-state index contributed by atoms with van der Waals surface area (Å²) in [6, 6.07) is 14.9. The molecule has 2 amide bonds. The van der Waals surface area contributed by atoms with Gasteiger partial charge in [-0.15, -0.1) is 0 Å². The first kappa shape index (κ1) is 24.0. The van der Waals surface area contributed by atoms with Crippen LogP contribution >= 0.6 is 11.5 Å². The van der Waals surface area contributed by atoms with Gasteiger partial charge >= 0.3 is 0 Å². The third-order valence-electron chi connectivity index (χ3n) is 6.33. The lowest BCUT2D eigenvalue weighted by atomic mass is 10.1. The Hall–Kier alpha value is -3.76. The van der Waals surface area contributed by atoms with E-state index in [0.717, 1.165) is 37.4 Å². The third kappa shape index (κ3) is 5.24. The van der Waals surface area contributed by atoms with Crippen molar-refractivity contribution in [3.8, 4) is 0 Å². The Labute approximate surface area is 214 Å². The molecule has 0 unspecified atom stereocenters. The average molecular weight is 504 g/mol. The molecule has 0 bridgehead atoms. The van der Waals surface area contributed by atoms with Crippen LogP contribution < -0.4 is 16.0 Å². The molecule has 0 radical (unpaired) electrons. The second-order valence-electron chi connectivity index (χ2n) is 9.01. The van der Waals surface area contributed by atoms with Crippen LogP contribution in [0.1, 0.15) is 32.8 Å². The molecule has 3 N–H and O–H groups in total. The number of anilines is 3. The number of hydrogen-bond donors (Lipinski definition) is 3. The molecule has 3 heterocycles. The van der Waals surface area contributed by atoms with Crippen LogP contribution in [0, 0.1) is 6.92 Å². The van der Waals surface area contributed by atoms with Gasteiger partial charge in [-0.2, -0.15) is 4.37 Å². The van der Waals surface area contributed by atoms with E-state index in [2.05, 4.69) is 37.3 Å². The van der Waals surface area contributed by atoms with E-state index in [1.807, 2.05) is 36.1 Å². The molecule has 2 aliphatic rings. The number of carbonyl (C=O) groups excluding carboxylic acids is 2. The van der Waals surface area contributed by atoms with Gasteiger partial charge in [-0.25, -0.2) is 4.99 Å². The molecule has 2 aliphatic heterocycles. The minimum absolute atomic E-state index is 0.0137. The molecule has 0 spiro atoms. The molecule has 3 aromatic rings. The van der Waals surface area contributed by atoms with Gasteiger partial charge in [0.25, 0.3) is 11.8 Å². The number of aryl methyl sites for hydroxylation is 1. The maximum atomic E-state index is 13.3. The molecule has 1 fully saturated rings. The number of nitrogens with zero attached hydrogens (tertiary/aromatic N) is 4. The third-order valence-corrected chi connectivity index (χ3v) is 7.18. The Morgan fingerprint density at radius 1 is 1.06 bits per heavy atom. The Morgan fingerprint density at radius 3 is 2.81 bits per heavy atom. The Morgan fingerprint density at radius 2 is 1.92 bits per heavy atom. The predicted octanol–water partition coefficient (Wildman–Crippen LogP) is 4.05. The van der Waals surface area contributed by atoms with Crippen molar-refractivity contribution >= 4 is 51.2 Å². The van der Waals surface area contributed by atoms with Gasteiger partial charge in [-0.05, 0) is 68.8 Å². The van der Waals surface area contributed by atoms with Crippen LogP contribution in [0.2, 0.25) is 0 Å². The Kier molecular flexibility index (Phi) is 6.97. The Balaban J connectivity index is 1.30. The number of nitrogens with one attached hydrogen (secondary N) is 3. The molecule has 2 aromatic carbocycles. The van der Waals surface area contributed by atoms with Gasteiger partial charge < -0.3 is 25.8 Å². The van der Waals surface area contributed by atoms with Crippen LogP contribution in [0.4, 0.5) is 22.1 Å². The van der Waals surface area contributed by atoms with Gasteiger partial charge in [-0.3, -0.25) is 9.59 Å². The maximum absolute atomic E-state index is 13.3. The minimum Gasteiger partial charge on any atom is -0.376 e. The molecule has 0 aliphatic carbocycles. The van der Waals surface area contributed by atoms with Crippen molar-refractivity contribution in [2.75, 3.05) is 55.7 Å². The first-order valence-electron chi connectivity index (χ1n) is 12.0. The summed E-state index contributed by atoms with van der Waals surface area (Å²) in [4.78, 5) is 35.2. The molecule has 1 aromatic heterocycles. The highest BCUT2D eigenvalue weighted by Crippen LogP contribution is 2.30. The van der Waals surface area contributed by atoms with E-state index in [-0.39, 0.29) is 11.8 Å². The van der Waals surface area contributed by atoms with Gasteiger partial charge in [-0.1, -0.05) is 18.2 Å². The SMILES string of the molecule is Cc1nsc(NC2=Nc3ccccc3NC2)c1C(=O)Nc1cccc(C(=O)N2CCCN(C)CC2)c1. The molecular weight excluding hydrogens is 474 g/mol. The summed E-state index contributed by atoms with van der Waals surface area (Å²) in [6.07, 6.45) is 0.950. The van der Waals surface area contributed by atoms with Gasteiger partial charge in [0, 0.05) is 30.9 Å². The van der Waals surface area contributed by atoms with E-state index in [4.69, 9.17) is 0 Å². The van der Waals surface area contributed by atoms with Gasteiger partial charge in [0.1, 0.15) is 10.8 Å². The lowest BCUT2D eigenvalue weighted by molar-refractivity contribution is 0.0762. The topological polar surface area (TPSA) is 102 Å². The van der Waals surface area contributed by atoms with Gasteiger partial charge in [0.2, 0.25) is 0 Å². The lowest BCUT2D eigenvalue weighted by Crippen LogP contribution is -2.34. The molecule has 10 heteroatoms. The molecule has 0 atom stereocenters. The number of amides is 2. The maximum Gasteiger partial charge on any atom is 0.260 e. The number of hydrogen-bond acceptors (Lipinski definition) is 8. The number of benzene rings is 2. The van der Waals surface area contributed by atoms with Crippen molar-refractivity contribution in [1.82, 2.24) is 14.2 Å². The van der Waals surface area contributed by atoms with Crippen LogP contribution in [-0.2, 0) is 0 Å². The number of carbonyl (C=O) groups is 2. The van der Waals surface area contributed by atoms with E-state index < -0.39 is 0 Å². The zero-order valence-electron chi connectivity index (χ0n) is 20.4. The van der Waals surface area contributed by atoms with Crippen molar-refractivity contribution in [2.45, 2.75) is 13.3 Å². The molecule has 5 rings (SSSR count). The standard InChI is InChI=1S/C26H29N7O2S/c1-17-23(25(36-31-17)30-22-16-27-20-9-3-4-10-21(20)29-22)24(34)28-19-8-5-7-18(15-19)26(35)33-12-6-11-32(2)13-14-33/h3-5,7-10,15,27H,6,11-14,16H2,1-2H3,(H,28,34)(H,29,30).